The molecule has 0 radical (unpaired) electrons. The van der Waals surface area contributed by atoms with E-state index in [-0.39, 0.29) is 5.41 Å². The van der Waals surface area contributed by atoms with Gasteiger partial charge in [0.25, 0.3) is 0 Å². The molecule has 0 aromatic heterocycles. The third-order valence-electron chi connectivity index (χ3n) is 6.77. The van der Waals surface area contributed by atoms with Gasteiger partial charge in [-0.3, -0.25) is 4.79 Å². The van der Waals surface area contributed by atoms with Crippen LogP contribution in [0.4, 0.5) is 0 Å². The van der Waals surface area contributed by atoms with E-state index in [1.54, 1.807) is 0 Å². The third-order valence-corrected chi connectivity index (χ3v) is 6.77. The van der Waals surface area contributed by atoms with Crippen molar-refractivity contribution in [2.75, 3.05) is 0 Å². The molecule has 160 valence electrons. The molecule has 1 N–H and O–H groups in total. The lowest BCUT2D eigenvalue weighted by molar-refractivity contribution is -0.151. The van der Waals surface area contributed by atoms with E-state index in [2.05, 4.69) is 6.92 Å². The van der Waals surface area contributed by atoms with Crippen LogP contribution in [0.25, 0.3) is 0 Å². The third kappa shape index (κ3) is 11.8. The molecular formula is C25H48O2. The highest BCUT2D eigenvalue weighted by Gasteiger charge is 2.38. The molecular weight excluding hydrogens is 332 g/mol. The van der Waals surface area contributed by atoms with Gasteiger partial charge in [-0.15, -0.1) is 0 Å². The Kier molecular flexibility index (Phi) is 14.9. The molecule has 0 unspecified atom stereocenters. The van der Waals surface area contributed by atoms with Gasteiger partial charge in [-0.25, -0.2) is 0 Å². The normalized spacial score (nSPS) is 16.5. The van der Waals surface area contributed by atoms with E-state index < -0.39 is 5.97 Å². The predicted molar refractivity (Wildman–Crippen MR) is 117 cm³/mol. The standard InChI is InChI=1S/C25H48O2/c1-2-3-4-5-6-7-8-9-10-11-12-13-14-15-16-18-21-25(24(26)27)22-19-17-20-23-25/h2-23H2,1H3,(H,26,27). The number of carbonyl (C=O) groups is 1. The van der Waals surface area contributed by atoms with Crippen LogP contribution in [-0.4, -0.2) is 11.1 Å². The molecule has 1 fully saturated rings. The molecule has 0 aromatic rings. The first kappa shape index (κ1) is 24.5. The fourth-order valence-electron chi connectivity index (χ4n) is 4.81. The summed E-state index contributed by atoms with van der Waals surface area (Å²) in [7, 11) is 0. The SMILES string of the molecule is CCCCCCCCCCCCCCCCCCC1(C(=O)O)CCCCC1. The number of hydrogen-bond donors (Lipinski definition) is 1. The van der Waals surface area contributed by atoms with E-state index >= 15 is 0 Å². The molecule has 1 rings (SSSR count). The van der Waals surface area contributed by atoms with Crippen molar-refractivity contribution >= 4 is 5.97 Å². The molecule has 0 aliphatic heterocycles. The van der Waals surface area contributed by atoms with E-state index in [0.29, 0.717) is 0 Å². The molecule has 27 heavy (non-hydrogen) atoms. The van der Waals surface area contributed by atoms with Gasteiger partial charge in [0.2, 0.25) is 0 Å². The van der Waals surface area contributed by atoms with Crippen molar-refractivity contribution in [2.45, 2.75) is 148 Å². The number of carboxylic acids is 1. The molecule has 0 bridgehead atoms. The summed E-state index contributed by atoms with van der Waals surface area (Å²) in [5.41, 5.74) is -0.367. The molecule has 2 heteroatoms. The molecule has 0 spiro atoms. The average Bonchev–Trinajstić information content (AvgIpc) is 2.68. The van der Waals surface area contributed by atoms with Crippen molar-refractivity contribution in [1.29, 1.82) is 0 Å². The largest absolute Gasteiger partial charge is 0.481 e. The van der Waals surface area contributed by atoms with Gasteiger partial charge in [-0.2, -0.15) is 0 Å². The maximum atomic E-state index is 11.7. The molecule has 1 aliphatic carbocycles. The Morgan fingerprint density at radius 1 is 0.630 bits per heavy atom. The number of aliphatic carboxylic acids is 1. The lowest BCUT2D eigenvalue weighted by Crippen LogP contribution is -2.33. The summed E-state index contributed by atoms with van der Waals surface area (Å²) in [4.78, 5) is 11.7. The van der Waals surface area contributed by atoms with E-state index in [1.165, 1.54) is 103 Å². The van der Waals surface area contributed by atoms with Crippen molar-refractivity contribution in [3.8, 4) is 0 Å². The van der Waals surface area contributed by atoms with E-state index in [0.717, 1.165) is 38.5 Å². The minimum atomic E-state index is -0.525. The maximum absolute atomic E-state index is 11.7. The quantitative estimate of drug-likeness (QED) is 0.241. The topological polar surface area (TPSA) is 37.3 Å². The van der Waals surface area contributed by atoms with Crippen LogP contribution in [0.5, 0.6) is 0 Å². The Morgan fingerprint density at radius 2 is 1.00 bits per heavy atom. The molecule has 1 aliphatic rings. The summed E-state index contributed by atoms with van der Waals surface area (Å²) < 4.78 is 0. The Balaban J connectivity index is 1.83. The van der Waals surface area contributed by atoms with Crippen molar-refractivity contribution in [3.63, 3.8) is 0 Å². The number of rotatable bonds is 18. The molecule has 2 nitrogen and oxygen atoms in total. The van der Waals surface area contributed by atoms with Crippen molar-refractivity contribution in [1.82, 2.24) is 0 Å². The molecule has 0 amide bonds. The number of hydrogen-bond acceptors (Lipinski definition) is 1. The molecule has 0 aromatic carbocycles. The Morgan fingerprint density at radius 3 is 1.37 bits per heavy atom. The molecule has 0 saturated heterocycles. The molecule has 0 heterocycles. The first-order valence-electron chi connectivity index (χ1n) is 12.4. The molecule has 1 saturated carbocycles. The van der Waals surface area contributed by atoms with Crippen LogP contribution in [0.2, 0.25) is 0 Å². The summed E-state index contributed by atoms with van der Waals surface area (Å²) in [6.45, 7) is 2.28. The fourth-order valence-corrected chi connectivity index (χ4v) is 4.81. The van der Waals surface area contributed by atoms with Gasteiger partial charge < -0.3 is 5.11 Å². The van der Waals surface area contributed by atoms with Gasteiger partial charge in [-0.1, -0.05) is 129 Å². The summed E-state index contributed by atoms with van der Waals surface area (Å²) in [5.74, 6) is -0.525. The van der Waals surface area contributed by atoms with E-state index in [4.69, 9.17) is 0 Å². The number of carboxylic acid groups (broad SMARTS) is 1. The highest BCUT2D eigenvalue weighted by atomic mass is 16.4. The van der Waals surface area contributed by atoms with Crippen LogP contribution in [-0.2, 0) is 4.79 Å². The Labute approximate surface area is 169 Å². The second kappa shape index (κ2) is 16.4. The predicted octanol–water partition coefficient (Wildman–Crippen LogP) is 8.67. The summed E-state index contributed by atoms with van der Waals surface area (Å²) >= 11 is 0. The van der Waals surface area contributed by atoms with Crippen LogP contribution in [0, 0.1) is 5.41 Å². The van der Waals surface area contributed by atoms with Crippen molar-refractivity contribution in [2.24, 2.45) is 5.41 Å². The van der Waals surface area contributed by atoms with Gasteiger partial charge in [0.15, 0.2) is 0 Å². The highest BCUT2D eigenvalue weighted by molar-refractivity contribution is 5.74. The smallest absolute Gasteiger partial charge is 0.309 e. The van der Waals surface area contributed by atoms with Crippen molar-refractivity contribution in [3.05, 3.63) is 0 Å². The van der Waals surface area contributed by atoms with Gasteiger partial charge in [0.05, 0.1) is 5.41 Å². The van der Waals surface area contributed by atoms with Crippen LogP contribution in [0.1, 0.15) is 148 Å². The second-order valence-corrected chi connectivity index (χ2v) is 9.20. The zero-order valence-electron chi connectivity index (χ0n) is 18.4. The zero-order chi connectivity index (χ0) is 19.6. The van der Waals surface area contributed by atoms with Crippen LogP contribution in [0.15, 0.2) is 0 Å². The van der Waals surface area contributed by atoms with Gasteiger partial charge in [0, 0.05) is 0 Å². The Hall–Kier alpha value is -0.530. The van der Waals surface area contributed by atoms with Crippen molar-refractivity contribution < 1.29 is 9.90 Å². The lowest BCUT2D eigenvalue weighted by atomic mass is 9.71. The summed E-state index contributed by atoms with van der Waals surface area (Å²) in [6, 6.07) is 0. The highest BCUT2D eigenvalue weighted by Crippen LogP contribution is 2.41. The first-order chi connectivity index (χ1) is 13.2. The second-order valence-electron chi connectivity index (χ2n) is 9.20. The van der Waals surface area contributed by atoms with Crippen LogP contribution < -0.4 is 0 Å². The van der Waals surface area contributed by atoms with Crippen LogP contribution >= 0.6 is 0 Å². The average molecular weight is 381 g/mol. The first-order valence-corrected chi connectivity index (χ1v) is 12.4. The minimum absolute atomic E-state index is 0.367. The maximum Gasteiger partial charge on any atom is 0.309 e. The Bertz CT molecular complexity index is 344. The lowest BCUT2D eigenvalue weighted by Gasteiger charge is -2.33. The zero-order valence-corrected chi connectivity index (χ0v) is 18.4. The van der Waals surface area contributed by atoms with E-state index in [9.17, 15) is 9.90 Å². The minimum Gasteiger partial charge on any atom is -0.481 e. The van der Waals surface area contributed by atoms with E-state index in [1.807, 2.05) is 0 Å². The monoisotopic (exact) mass is 380 g/mol. The van der Waals surface area contributed by atoms with Gasteiger partial charge >= 0.3 is 5.97 Å². The van der Waals surface area contributed by atoms with Gasteiger partial charge in [-0.05, 0) is 19.3 Å². The number of unbranched alkanes of at least 4 members (excludes halogenated alkanes) is 15. The summed E-state index contributed by atoms with van der Waals surface area (Å²) in [6.07, 6.45) is 28.2. The summed E-state index contributed by atoms with van der Waals surface area (Å²) in [5, 5.41) is 9.61. The van der Waals surface area contributed by atoms with Gasteiger partial charge in [0.1, 0.15) is 0 Å². The van der Waals surface area contributed by atoms with Crippen LogP contribution in [0.3, 0.4) is 0 Å². The fraction of sp³-hybridized carbons (Fsp3) is 0.960. The molecule has 0 atom stereocenters.